The van der Waals surface area contributed by atoms with Gasteiger partial charge in [-0.05, 0) is 25.1 Å². The summed E-state index contributed by atoms with van der Waals surface area (Å²) in [5.74, 6) is -0.327. The maximum atomic E-state index is 10.6. The normalized spacial score (nSPS) is 15.9. The summed E-state index contributed by atoms with van der Waals surface area (Å²) in [5, 5.41) is 13.9. The van der Waals surface area contributed by atoms with Crippen LogP contribution in [0.15, 0.2) is 48.9 Å². The number of aromatic amines is 1. The first-order valence-electron chi connectivity index (χ1n) is 9.03. The van der Waals surface area contributed by atoms with E-state index >= 15 is 0 Å². The molecule has 0 saturated carbocycles. The molecular formula is C19H19F3N6O2. The Bertz CT molecular complexity index is 972. The SMILES string of the molecule is O=C(O)C(F)(F)F.c1cc(-c2nccc(NC3CCNC3)n2)cc(-c2ncc[nH]2)c1. The van der Waals surface area contributed by atoms with Gasteiger partial charge < -0.3 is 20.7 Å². The molecule has 30 heavy (non-hydrogen) atoms. The van der Waals surface area contributed by atoms with Gasteiger partial charge in [-0.25, -0.2) is 19.7 Å². The van der Waals surface area contributed by atoms with Crippen molar-refractivity contribution in [3.63, 3.8) is 0 Å². The smallest absolute Gasteiger partial charge is 0.475 e. The lowest BCUT2D eigenvalue weighted by atomic mass is 10.1. The Morgan fingerprint density at radius 2 is 1.93 bits per heavy atom. The molecule has 3 aromatic rings. The highest BCUT2D eigenvalue weighted by atomic mass is 19.4. The number of carboxylic acids is 1. The van der Waals surface area contributed by atoms with Crippen molar-refractivity contribution in [2.45, 2.75) is 18.6 Å². The molecule has 0 amide bonds. The molecule has 1 aromatic carbocycles. The number of hydrogen-bond acceptors (Lipinski definition) is 6. The molecule has 0 bridgehead atoms. The van der Waals surface area contributed by atoms with E-state index in [-0.39, 0.29) is 0 Å². The van der Waals surface area contributed by atoms with Gasteiger partial charge >= 0.3 is 12.1 Å². The number of anilines is 1. The number of imidazole rings is 1. The maximum absolute atomic E-state index is 10.6. The Balaban J connectivity index is 0.000000318. The van der Waals surface area contributed by atoms with E-state index in [4.69, 9.17) is 9.90 Å². The predicted octanol–water partition coefficient (Wildman–Crippen LogP) is 2.94. The van der Waals surface area contributed by atoms with Crippen LogP contribution < -0.4 is 10.6 Å². The molecule has 1 aliphatic rings. The zero-order chi connectivity index (χ0) is 21.6. The van der Waals surface area contributed by atoms with Crippen LogP contribution in [0.1, 0.15) is 6.42 Å². The summed E-state index contributed by atoms with van der Waals surface area (Å²) >= 11 is 0. The molecule has 8 nitrogen and oxygen atoms in total. The van der Waals surface area contributed by atoms with E-state index in [9.17, 15) is 13.2 Å². The van der Waals surface area contributed by atoms with E-state index < -0.39 is 12.1 Å². The number of alkyl halides is 3. The summed E-state index contributed by atoms with van der Waals surface area (Å²) in [6.07, 6.45) is 1.40. The third-order valence-electron chi connectivity index (χ3n) is 4.20. The topological polar surface area (TPSA) is 116 Å². The minimum Gasteiger partial charge on any atom is -0.475 e. The van der Waals surface area contributed by atoms with Gasteiger partial charge in [0.1, 0.15) is 11.6 Å². The molecule has 3 heterocycles. The van der Waals surface area contributed by atoms with E-state index in [1.165, 1.54) is 0 Å². The van der Waals surface area contributed by atoms with Crippen molar-refractivity contribution in [2.24, 2.45) is 0 Å². The first-order chi connectivity index (χ1) is 14.3. The number of carboxylic acid groups (broad SMARTS) is 1. The monoisotopic (exact) mass is 420 g/mol. The summed E-state index contributed by atoms with van der Waals surface area (Å²) < 4.78 is 31.7. The molecule has 4 N–H and O–H groups in total. The van der Waals surface area contributed by atoms with Crippen molar-refractivity contribution in [1.82, 2.24) is 25.3 Å². The fraction of sp³-hybridized carbons (Fsp3) is 0.263. The number of nitrogens with zero attached hydrogens (tertiary/aromatic N) is 3. The average molecular weight is 420 g/mol. The number of nitrogens with one attached hydrogen (secondary N) is 3. The fourth-order valence-electron chi connectivity index (χ4n) is 2.79. The van der Waals surface area contributed by atoms with E-state index in [1.54, 1.807) is 12.4 Å². The number of benzene rings is 1. The highest BCUT2D eigenvalue weighted by molar-refractivity contribution is 5.73. The number of rotatable bonds is 4. The quantitative estimate of drug-likeness (QED) is 0.513. The molecule has 1 atom stereocenters. The van der Waals surface area contributed by atoms with Crippen LogP contribution in [0.5, 0.6) is 0 Å². The van der Waals surface area contributed by atoms with Crippen LogP contribution >= 0.6 is 0 Å². The molecule has 158 valence electrons. The fourth-order valence-corrected chi connectivity index (χ4v) is 2.79. The third-order valence-corrected chi connectivity index (χ3v) is 4.20. The van der Waals surface area contributed by atoms with Gasteiger partial charge in [0, 0.05) is 42.3 Å². The summed E-state index contributed by atoms with van der Waals surface area (Å²) in [5.41, 5.74) is 2.00. The number of halogens is 3. The average Bonchev–Trinajstić information content (AvgIpc) is 3.42. The Morgan fingerprint density at radius 1 is 1.17 bits per heavy atom. The van der Waals surface area contributed by atoms with Crippen LogP contribution in [0, 0.1) is 0 Å². The predicted molar refractivity (Wildman–Crippen MR) is 104 cm³/mol. The lowest BCUT2D eigenvalue weighted by Crippen LogP contribution is -2.22. The van der Waals surface area contributed by atoms with Gasteiger partial charge in [-0.3, -0.25) is 0 Å². The van der Waals surface area contributed by atoms with Gasteiger partial charge in [0.2, 0.25) is 0 Å². The second-order valence-electron chi connectivity index (χ2n) is 6.42. The summed E-state index contributed by atoms with van der Waals surface area (Å²) in [7, 11) is 0. The van der Waals surface area contributed by atoms with E-state index in [2.05, 4.69) is 36.6 Å². The summed E-state index contributed by atoms with van der Waals surface area (Å²) in [6, 6.07) is 10.4. The molecule has 0 spiro atoms. The van der Waals surface area contributed by atoms with Crippen molar-refractivity contribution in [1.29, 1.82) is 0 Å². The molecular weight excluding hydrogens is 401 g/mol. The van der Waals surface area contributed by atoms with Crippen molar-refractivity contribution >= 4 is 11.8 Å². The van der Waals surface area contributed by atoms with Gasteiger partial charge in [0.15, 0.2) is 5.82 Å². The van der Waals surface area contributed by atoms with E-state index in [0.29, 0.717) is 6.04 Å². The third kappa shape index (κ3) is 5.77. The standard InChI is InChI=1S/C17H18N6.C2HF3O2/c1-2-12(16-20-8-9-21-16)10-13(3-1)17-19-7-5-15(23-17)22-14-4-6-18-11-14;3-2(4,5)1(6)7/h1-3,5,7-10,14,18H,4,6,11H2,(H,20,21)(H,19,22,23);(H,6,7). The number of aromatic nitrogens is 4. The lowest BCUT2D eigenvalue weighted by molar-refractivity contribution is -0.192. The maximum Gasteiger partial charge on any atom is 0.490 e. The minimum absolute atomic E-state index is 0.437. The molecule has 1 saturated heterocycles. The summed E-state index contributed by atoms with van der Waals surface area (Å²) in [4.78, 5) is 25.4. The van der Waals surface area contributed by atoms with Crippen molar-refractivity contribution in [3.05, 3.63) is 48.9 Å². The second kappa shape index (κ2) is 9.35. The zero-order valence-corrected chi connectivity index (χ0v) is 15.6. The van der Waals surface area contributed by atoms with Gasteiger partial charge in [-0.1, -0.05) is 18.2 Å². The Morgan fingerprint density at radius 3 is 2.57 bits per heavy atom. The molecule has 11 heteroatoms. The van der Waals surface area contributed by atoms with Crippen LogP contribution in [-0.2, 0) is 4.79 Å². The molecule has 0 radical (unpaired) electrons. The molecule has 2 aromatic heterocycles. The Hall–Kier alpha value is -3.47. The molecule has 1 aliphatic heterocycles. The Kier molecular flexibility index (Phi) is 6.62. The lowest BCUT2D eigenvalue weighted by Gasteiger charge is -2.12. The van der Waals surface area contributed by atoms with Crippen LogP contribution in [0.2, 0.25) is 0 Å². The van der Waals surface area contributed by atoms with Crippen molar-refractivity contribution in [2.75, 3.05) is 18.4 Å². The number of aliphatic carboxylic acids is 1. The molecule has 0 aliphatic carbocycles. The summed E-state index contributed by atoms with van der Waals surface area (Å²) in [6.45, 7) is 2.04. The van der Waals surface area contributed by atoms with Crippen molar-refractivity contribution in [3.8, 4) is 22.8 Å². The van der Waals surface area contributed by atoms with Crippen LogP contribution in [0.25, 0.3) is 22.8 Å². The highest BCUT2D eigenvalue weighted by Gasteiger charge is 2.38. The van der Waals surface area contributed by atoms with E-state index in [1.807, 2.05) is 30.5 Å². The second-order valence-corrected chi connectivity index (χ2v) is 6.42. The Labute approximate surface area is 169 Å². The van der Waals surface area contributed by atoms with E-state index in [0.717, 1.165) is 48.1 Å². The highest BCUT2D eigenvalue weighted by Crippen LogP contribution is 2.23. The number of H-pyrrole nitrogens is 1. The van der Waals surface area contributed by atoms with Crippen LogP contribution in [-0.4, -0.2) is 56.3 Å². The minimum atomic E-state index is -5.08. The van der Waals surface area contributed by atoms with Gasteiger partial charge in [0.05, 0.1) is 0 Å². The number of carbonyl (C=O) groups is 1. The van der Waals surface area contributed by atoms with Crippen LogP contribution in [0.3, 0.4) is 0 Å². The first kappa shape index (κ1) is 21.2. The van der Waals surface area contributed by atoms with Gasteiger partial charge in [-0.2, -0.15) is 13.2 Å². The molecule has 1 fully saturated rings. The zero-order valence-electron chi connectivity index (χ0n) is 15.6. The molecule has 1 unspecified atom stereocenters. The number of hydrogen-bond donors (Lipinski definition) is 4. The molecule has 4 rings (SSSR count). The first-order valence-corrected chi connectivity index (χ1v) is 9.03. The van der Waals surface area contributed by atoms with Crippen molar-refractivity contribution < 1.29 is 23.1 Å². The van der Waals surface area contributed by atoms with Gasteiger partial charge in [0.25, 0.3) is 0 Å². The largest absolute Gasteiger partial charge is 0.490 e. The van der Waals surface area contributed by atoms with Crippen LogP contribution in [0.4, 0.5) is 19.0 Å². The van der Waals surface area contributed by atoms with Gasteiger partial charge in [-0.15, -0.1) is 0 Å².